The molecule has 1 amide bonds. The number of piperidine rings is 1. The molecule has 0 saturated carbocycles. The quantitative estimate of drug-likeness (QED) is 0.824. The van der Waals surface area contributed by atoms with Crippen molar-refractivity contribution >= 4 is 23.6 Å². The number of rotatable bonds is 3. The third kappa shape index (κ3) is 2.81. The van der Waals surface area contributed by atoms with Gasteiger partial charge in [0.25, 0.3) is 0 Å². The van der Waals surface area contributed by atoms with Gasteiger partial charge in [0.15, 0.2) is 0 Å². The number of carboxylic acid groups (broad SMARTS) is 1. The fourth-order valence-electron chi connectivity index (χ4n) is 3.04. The number of aliphatic carboxylic acids is 1. The van der Waals surface area contributed by atoms with E-state index in [1.54, 1.807) is 16.7 Å². The normalized spacial score (nSPS) is 34.5. The van der Waals surface area contributed by atoms with Gasteiger partial charge >= 0.3 is 5.97 Å². The highest BCUT2D eigenvalue weighted by atomic mass is 32.2. The molecular weight excluding hydrogens is 276 g/mol. The van der Waals surface area contributed by atoms with Crippen LogP contribution in [-0.4, -0.2) is 52.1 Å². The van der Waals surface area contributed by atoms with Crippen LogP contribution in [0.4, 0.5) is 0 Å². The van der Waals surface area contributed by atoms with Gasteiger partial charge in [-0.15, -0.1) is 11.8 Å². The van der Waals surface area contributed by atoms with Gasteiger partial charge in [0.05, 0.1) is 10.8 Å². The number of hydrogen-bond donors (Lipinski definition) is 2. The van der Waals surface area contributed by atoms with Gasteiger partial charge in [0.1, 0.15) is 6.04 Å². The fraction of sp³-hybridized carbons (Fsp3) is 0.857. The monoisotopic (exact) mass is 300 g/mol. The molecule has 2 aliphatic rings. The van der Waals surface area contributed by atoms with Crippen molar-refractivity contribution in [2.24, 2.45) is 11.3 Å². The van der Waals surface area contributed by atoms with Gasteiger partial charge in [-0.3, -0.25) is 4.79 Å². The molecule has 114 valence electrons. The van der Waals surface area contributed by atoms with Crippen LogP contribution in [-0.2, 0) is 9.59 Å². The Morgan fingerprint density at radius 1 is 1.45 bits per heavy atom. The molecule has 0 aromatic heterocycles. The highest BCUT2D eigenvalue weighted by molar-refractivity contribution is 8.00. The molecule has 0 aliphatic carbocycles. The SMILES string of the molecule is CC(C)C1SCC(C(=O)O)N1C(=O)C1(C)CCCNC1. The van der Waals surface area contributed by atoms with Gasteiger partial charge in [-0.25, -0.2) is 4.79 Å². The van der Waals surface area contributed by atoms with E-state index >= 15 is 0 Å². The lowest BCUT2D eigenvalue weighted by atomic mass is 9.81. The lowest BCUT2D eigenvalue weighted by Crippen LogP contribution is -2.56. The molecule has 0 aromatic carbocycles. The maximum atomic E-state index is 13.0. The summed E-state index contributed by atoms with van der Waals surface area (Å²) in [7, 11) is 0. The summed E-state index contributed by atoms with van der Waals surface area (Å²) in [6.45, 7) is 7.63. The molecule has 2 heterocycles. The Balaban J connectivity index is 2.24. The molecule has 2 aliphatic heterocycles. The minimum atomic E-state index is -0.888. The van der Waals surface area contributed by atoms with Crippen LogP contribution < -0.4 is 5.32 Å². The summed E-state index contributed by atoms with van der Waals surface area (Å²) in [6.07, 6.45) is 1.80. The Bertz CT molecular complexity index is 394. The number of amides is 1. The molecule has 0 radical (unpaired) electrons. The van der Waals surface area contributed by atoms with Crippen LogP contribution in [0.5, 0.6) is 0 Å². The molecule has 6 heteroatoms. The van der Waals surface area contributed by atoms with Crippen molar-refractivity contribution in [3.63, 3.8) is 0 Å². The second-order valence-electron chi connectivity index (χ2n) is 6.38. The summed E-state index contributed by atoms with van der Waals surface area (Å²) in [5.74, 6) is -0.136. The molecule has 3 unspecified atom stereocenters. The highest BCUT2D eigenvalue weighted by Crippen LogP contribution is 2.39. The molecular formula is C14H24N2O3S. The zero-order chi connectivity index (χ0) is 14.9. The second kappa shape index (κ2) is 5.93. The average Bonchev–Trinajstić information content (AvgIpc) is 2.83. The summed E-state index contributed by atoms with van der Waals surface area (Å²) in [5.41, 5.74) is -0.468. The fourth-order valence-corrected chi connectivity index (χ4v) is 4.51. The van der Waals surface area contributed by atoms with Crippen LogP contribution in [0.2, 0.25) is 0 Å². The Morgan fingerprint density at radius 2 is 2.15 bits per heavy atom. The summed E-state index contributed by atoms with van der Waals surface area (Å²) in [6, 6.07) is -0.682. The average molecular weight is 300 g/mol. The van der Waals surface area contributed by atoms with Crippen LogP contribution in [0.3, 0.4) is 0 Å². The minimum Gasteiger partial charge on any atom is -0.480 e. The maximum Gasteiger partial charge on any atom is 0.327 e. The van der Waals surface area contributed by atoms with E-state index in [2.05, 4.69) is 5.32 Å². The van der Waals surface area contributed by atoms with Crippen molar-refractivity contribution in [2.45, 2.75) is 45.0 Å². The zero-order valence-electron chi connectivity index (χ0n) is 12.4. The Kier molecular flexibility index (Phi) is 4.64. The van der Waals surface area contributed by atoms with E-state index in [-0.39, 0.29) is 17.2 Å². The predicted octanol–water partition coefficient (Wildman–Crippen LogP) is 1.39. The van der Waals surface area contributed by atoms with Crippen molar-refractivity contribution < 1.29 is 14.7 Å². The van der Waals surface area contributed by atoms with E-state index in [4.69, 9.17) is 0 Å². The molecule has 20 heavy (non-hydrogen) atoms. The number of carboxylic acids is 1. The van der Waals surface area contributed by atoms with Crippen LogP contribution in [0.25, 0.3) is 0 Å². The van der Waals surface area contributed by atoms with E-state index < -0.39 is 17.4 Å². The zero-order valence-corrected chi connectivity index (χ0v) is 13.2. The van der Waals surface area contributed by atoms with Crippen LogP contribution in [0, 0.1) is 11.3 Å². The molecule has 0 bridgehead atoms. The smallest absolute Gasteiger partial charge is 0.327 e. The number of carbonyl (C=O) groups excluding carboxylic acids is 1. The van der Waals surface area contributed by atoms with Gasteiger partial charge in [-0.1, -0.05) is 13.8 Å². The van der Waals surface area contributed by atoms with Crippen LogP contribution in [0.15, 0.2) is 0 Å². The maximum absolute atomic E-state index is 13.0. The van der Waals surface area contributed by atoms with Gasteiger partial charge in [0, 0.05) is 12.3 Å². The molecule has 2 N–H and O–H groups in total. The first-order chi connectivity index (χ1) is 9.37. The van der Waals surface area contributed by atoms with Crippen molar-refractivity contribution in [3.8, 4) is 0 Å². The Hall–Kier alpha value is -0.750. The minimum absolute atomic E-state index is 0.000741. The number of nitrogens with zero attached hydrogens (tertiary/aromatic N) is 1. The summed E-state index contributed by atoms with van der Waals surface area (Å²) in [5, 5.41) is 12.6. The highest BCUT2D eigenvalue weighted by Gasteiger charge is 2.48. The number of nitrogens with one attached hydrogen (secondary N) is 1. The second-order valence-corrected chi connectivity index (χ2v) is 7.53. The van der Waals surface area contributed by atoms with Gasteiger partial charge < -0.3 is 15.3 Å². The first-order valence-electron chi connectivity index (χ1n) is 7.25. The molecule has 2 rings (SSSR count). The van der Waals surface area contributed by atoms with Crippen LogP contribution in [0.1, 0.15) is 33.6 Å². The van der Waals surface area contributed by atoms with Crippen LogP contribution >= 0.6 is 11.8 Å². The van der Waals surface area contributed by atoms with Crippen molar-refractivity contribution in [3.05, 3.63) is 0 Å². The molecule has 0 aromatic rings. The van der Waals surface area contributed by atoms with Gasteiger partial charge in [0.2, 0.25) is 5.91 Å². The lowest BCUT2D eigenvalue weighted by Gasteiger charge is -2.40. The molecule has 3 atom stereocenters. The van der Waals surface area contributed by atoms with E-state index in [1.807, 2.05) is 20.8 Å². The first-order valence-corrected chi connectivity index (χ1v) is 8.29. The third-order valence-electron chi connectivity index (χ3n) is 4.24. The molecule has 5 nitrogen and oxygen atoms in total. The first kappa shape index (κ1) is 15.6. The Labute approximate surface area is 124 Å². The molecule has 0 spiro atoms. The summed E-state index contributed by atoms with van der Waals surface area (Å²) >= 11 is 1.59. The van der Waals surface area contributed by atoms with E-state index in [0.717, 1.165) is 19.4 Å². The Morgan fingerprint density at radius 3 is 2.65 bits per heavy atom. The lowest BCUT2D eigenvalue weighted by molar-refractivity contribution is -0.155. The van der Waals surface area contributed by atoms with E-state index in [0.29, 0.717) is 12.3 Å². The standard InChI is InChI=1S/C14H24N2O3S/c1-9(2)11-16(10(7-20-11)12(17)18)13(19)14(3)5-4-6-15-8-14/h9-11,15H,4-8H2,1-3H3,(H,17,18). The van der Waals surface area contributed by atoms with Gasteiger partial charge in [-0.05, 0) is 32.2 Å². The number of thioether (sulfide) groups is 1. The largest absolute Gasteiger partial charge is 0.480 e. The molecule has 2 fully saturated rings. The van der Waals surface area contributed by atoms with Crippen molar-refractivity contribution in [2.75, 3.05) is 18.8 Å². The number of hydrogen-bond acceptors (Lipinski definition) is 4. The predicted molar refractivity (Wildman–Crippen MR) is 79.6 cm³/mol. The van der Waals surface area contributed by atoms with Crippen molar-refractivity contribution in [1.82, 2.24) is 10.2 Å². The summed E-state index contributed by atoms with van der Waals surface area (Å²) < 4.78 is 0. The van der Waals surface area contributed by atoms with E-state index in [9.17, 15) is 14.7 Å². The molecule has 2 saturated heterocycles. The number of carbonyl (C=O) groups is 2. The summed E-state index contributed by atoms with van der Waals surface area (Å²) in [4.78, 5) is 26.1. The van der Waals surface area contributed by atoms with Crippen molar-refractivity contribution in [1.29, 1.82) is 0 Å². The van der Waals surface area contributed by atoms with E-state index in [1.165, 1.54) is 0 Å². The topological polar surface area (TPSA) is 69.6 Å². The van der Waals surface area contributed by atoms with Gasteiger partial charge in [-0.2, -0.15) is 0 Å². The third-order valence-corrected chi connectivity index (χ3v) is 5.86.